The van der Waals surface area contributed by atoms with E-state index < -0.39 is 0 Å². The highest BCUT2D eigenvalue weighted by atomic mass is 15.1. The van der Waals surface area contributed by atoms with E-state index >= 15 is 0 Å². The average molecular weight is 297 g/mol. The smallest absolute Gasteiger partial charge is 0.0470 e. The van der Waals surface area contributed by atoms with Crippen molar-refractivity contribution in [3.63, 3.8) is 0 Å². The molecule has 0 aliphatic rings. The van der Waals surface area contributed by atoms with Crippen LogP contribution in [-0.4, -0.2) is 25.0 Å². The van der Waals surface area contributed by atoms with Crippen LogP contribution in [0.5, 0.6) is 0 Å². The van der Waals surface area contributed by atoms with Gasteiger partial charge in [-0.2, -0.15) is 0 Å². The van der Waals surface area contributed by atoms with Crippen LogP contribution in [-0.2, 0) is 0 Å². The Labute approximate surface area is 134 Å². The van der Waals surface area contributed by atoms with Gasteiger partial charge in [-0.1, -0.05) is 38.0 Å². The molecule has 1 aromatic carbocycles. The quantitative estimate of drug-likeness (QED) is 0.537. The average Bonchev–Trinajstić information content (AvgIpc) is 2.53. The Hall–Kier alpha value is -2.42. The molecule has 1 aromatic rings. The fraction of sp³-hybridized carbons (Fsp3) is 0.263. The molecule has 0 amide bonds. The summed E-state index contributed by atoms with van der Waals surface area (Å²) in [4.78, 5) is 2.13. The van der Waals surface area contributed by atoms with Gasteiger partial charge in [0.2, 0.25) is 0 Å². The van der Waals surface area contributed by atoms with Crippen LogP contribution in [0.4, 0.5) is 5.69 Å². The van der Waals surface area contributed by atoms with E-state index in [-0.39, 0.29) is 6.04 Å². The van der Waals surface area contributed by atoms with Crippen LogP contribution < -0.4 is 11.1 Å². The van der Waals surface area contributed by atoms with Gasteiger partial charge in [0.15, 0.2) is 0 Å². The zero-order chi connectivity index (χ0) is 16.7. The lowest BCUT2D eigenvalue weighted by Crippen LogP contribution is -2.29. The molecule has 1 rings (SSSR count). The highest BCUT2D eigenvalue weighted by molar-refractivity contribution is 5.74. The molecule has 1 unspecified atom stereocenters. The van der Waals surface area contributed by atoms with Gasteiger partial charge < -0.3 is 16.0 Å². The van der Waals surface area contributed by atoms with E-state index in [9.17, 15) is 0 Å². The van der Waals surface area contributed by atoms with E-state index in [4.69, 9.17) is 5.73 Å². The minimum Gasteiger partial charge on any atom is -0.399 e. The van der Waals surface area contributed by atoms with Gasteiger partial charge in [0.05, 0.1) is 0 Å². The molecule has 0 saturated carbocycles. The molecule has 0 saturated heterocycles. The fourth-order valence-electron chi connectivity index (χ4n) is 2.32. The summed E-state index contributed by atoms with van der Waals surface area (Å²) < 4.78 is 0. The van der Waals surface area contributed by atoms with Crippen molar-refractivity contribution in [1.82, 2.24) is 10.2 Å². The summed E-state index contributed by atoms with van der Waals surface area (Å²) in [6.45, 7) is 16.0. The standard InChI is InChI=1S/C19H27N3/c1-7-16-13-17(20)10-12-19(16)15(4)22(6)18(8-2)11-9-14(3)21-5/h7-8,10,12-13,18,21H,1-4,9,11,20H2,5-6H3. The summed E-state index contributed by atoms with van der Waals surface area (Å²) in [5.74, 6) is 0. The number of allylic oxidation sites excluding steroid dienone is 1. The van der Waals surface area contributed by atoms with Gasteiger partial charge in [-0.05, 0) is 30.5 Å². The first-order valence-electron chi connectivity index (χ1n) is 7.36. The number of hydrogen-bond acceptors (Lipinski definition) is 3. The summed E-state index contributed by atoms with van der Waals surface area (Å²) in [6, 6.07) is 5.96. The summed E-state index contributed by atoms with van der Waals surface area (Å²) in [7, 11) is 3.92. The largest absolute Gasteiger partial charge is 0.399 e. The Kier molecular flexibility index (Phi) is 6.51. The van der Waals surface area contributed by atoms with E-state index in [1.165, 1.54) is 0 Å². The number of nitrogens with one attached hydrogen (secondary N) is 1. The Balaban J connectivity index is 2.92. The predicted octanol–water partition coefficient (Wildman–Crippen LogP) is 3.88. The maximum absolute atomic E-state index is 5.84. The van der Waals surface area contributed by atoms with E-state index in [1.807, 2.05) is 38.4 Å². The maximum atomic E-state index is 5.84. The number of rotatable bonds is 9. The molecule has 1 atom stereocenters. The van der Waals surface area contributed by atoms with Crippen LogP contribution in [0.1, 0.15) is 24.0 Å². The topological polar surface area (TPSA) is 41.3 Å². The van der Waals surface area contributed by atoms with Crippen LogP contribution in [0.15, 0.2) is 56.3 Å². The SMILES string of the molecule is C=Cc1cc(N)ccc1C(=C)N(C)C(C=C)CCC(=C)NC. The number of likely N-dealkylation sites (N-methyl/N-ethyl adjacent to an activating group) is 1. The molecular formula is C19H27N3. The van der Waals surface area contributed by atoms with E-state index in [1.54, 1.807) is 6.08 Å². The van der Waals surface area contributed by atoms with Crippen molar-refractivity contribution in [2.75, 3.05) is 19.8 Å². The van der Waals surface area contributed by atoms with Crippen molar-refractivity contribution in [1.29, 1.82) is 0 Å². The van der Waals surface area contributed by atoms with Crippen LogP contribution in [0.25, 0.3) is 11.8 Å². The van der Waals surface area contributed by atoms with Gasteiger partial charge in [0, 0.05) is 42.8 Å². The minimum absolute atomic E-state index is 0.188. The molecule has 0 radical (unpaired) electrons. The van der Waals surface area contributed by atoms with E-state index in [0.717, 1.165) is 41.1 Å². The second-order valence-electron chi connectivity index (χ2n) is 5.30. The monoisotopic (exact) mass is 297 g/mol. The third-order valence-corrected chi connectivity index (χ3v) is 3.90. The summed E-state index contributed by atoms with van der Waals surface area (Å²) in [6.07, 6.45) is 5.56. The Morgan fingerprint density at radius 2 is 2.05 bits per heavy atom. The Bertz CT molecular complexity index is 572. The molecule has 0 aliphatic carbocycles. The Morgan fingerprint density at radius 1 is 1.36 bits per heavy atom. The minimum atomic E-state index is 0.188. The van der Waals surface area contributed by atoms with Gasteiger partial charge in [-0.3, -0.25) is 0 Å². The molecule has 0 fully saturated rings. The normalized spacial score (nSPS) is 11.4. The number of nitrogens with zero attached hydrogens (tertiary/aromatic N) is 1. The molecular weight excluding hydrogens is 270 g/mol. The zero-order valence-corrected chi connectivity index (χ0v) is 13.7. The molecule has 118 valence electrons. The van der Waals surface area contributed by atoms with Crippen molar-refractivity contribution in [2.45, 2.75) is 18.9 Å². The van der Waals surface area contributed by atoms with E-state index in [0.29, 0.717) is 0 Å². The first-order valence-corrected chi connectivity index (χ1v) is 7.36. The summed E-state index contributed by atoms with van der Waals surface area (Å²) in [5.41, 5.74) is 10.5. The molecule has 0 aromatic heterocycles. The summed E-state index contributed by atoms with van der Waals surface area (Å²) in [5, 5.41) is 3.07. The molecule has 3 nitrogen and oxygen atoms in total. The highest BCUT2D eigenvalue weighted by Crippen LogP contribution is 2.26. The molecule has 0 spiro atoms. The van der Waals surface area contributed by atoms with Gasteiger partial charge >= 0.3 is 0 Å². The second-order valence-corrected chi connectivity index (χ2v) is 5.30. The number of benzene rings is 1. The number of nitrogen functional groups attached to an aromatic ring is 1. The Morgan fingerprint density at radius 3 is 2.59 bits per heavy atom. The van der Waals surface area contributed by atoms with Gasteiger partial charge in [0.25, 0.3) is 0 Å². The van der Waals surface area contributed by atoms with Crippen molar-refractivity contribution >= 4 is 17.5 Å². The number of anilines is 1. The lowest BCUT2D eigenvalue weighted by Gasteiger charge is -2.30. The molecule has 3 N–H and O–H groups in total. The maximum Gasteiger partial charge on any atom is 0.0470 e. The van der Waals surface area contributed by atoms with Gasteiger partial charge in [-0.25, -0.2) is 0 Å². The number of hydrogen-bond donors (Lipinski definition) is 2. The lowest BCUT2D eigenvalue weighted by molar-refractivity contribution is 0.384. The molecule has 0 bridgehead atoms. The fourth-order valence-corrected chi connectivity index (χ4v) is 2.32. The highest BCUT2D eigenvalue weighted by Gasteiger charge is 2.16. The van der Waals surface area contributed by atoms with Crippen LogP contribution in [0, 0.1) is 0 Å². The van der Waals surface area contributed by atoms with E-state index in [2.05, 4.69) is 36.5 Å². The molecule has 0 aliphatic heterocycles. The zero-order valence-electron chi connectivity index (χ0n) is 13.7. The van der Waals surface area contributed by atoms with Crippen molar-refractivity contribution in [3.05, 3.63) is 67.4 Å². The lowest BCUT2D eigenvalue weighted by atomic mass is 10.0. The van der Waals surface area contributed by atoms with Gasteiger partial charge in [-0.15, -0.1) is 6.58 Å². The number of nitrogens with two attached hydrogens (primary N) is 1. The van der Waals surface area contributed by atoms with Crippen molar-refractivity contribution in [3.8, 4) is 0 Å². The predicted molar refractivity (Wildman–Crippen MR) is 99.2 cm³/mol. The first kappa shape index (κ1) is 17.6. The van der Waals surface area contributed by atoms with Crippen molar-refractivity contribution in [2.24, 2.45) is 0 Å². The van der Waals surface area contributed by atoms with Crippen LogP contribution in [0.3, 0.4) is 0 Å². The van der Waals surface area contributed by atoms with Crippen LogP contribution >= 0.6 is 0 Å². The van der Waals surface area contributed by atoms with Crippen molar-refractivity contribution < 1.29 is 0 Å². The molecule has 3 heteroatoms. The third kappa shape index (κ3) is 4.29. The summed E-state index contributed by atoms with van der Waals surface area (Å²) >= 11 is 0. The van der Waals surface area contributed by atoms with Crippen LogP contribution in [0.2, 0.25) is 0 Å². The third-order valence-electron chi connectivity index (χ3n) is 3.90. The molecule has 22 heavy (non-hydrogen) atoms. The van der Waals surface area contributed by atoms with Gasteiger partial charge in [0.1, 0.15) is 0 Å². The second kappa shape index (κ2) is 8.13. The first-order chi connectivity index (χ1) is 10.4. The molecule has 0 heterocycles.